The van der Waals surface area contributed by atoms with Crippen molar-refractivity contribution in [3.05, 3.63) is 81.8 Å². The molecule has 4 aromatic rings. The molecule has 0 atom stereocenters. The number of para-hydroxylation sites is 2. The molecule has 0 aliphatic rings. The van der Waals surface area contributed by atoms with E-state index in [9.17, 15) is 14.7 Å². The van der Waals surface area contributed by atoms with Crippen molar-refractivity contribution < 1.29 is 14.6 Å². The van der Waals surface area contributed by atoms with Gasteiger partial charge in [-0.25, -0.2) is 4.98 Å². The normalized spacial score (nSPS) is 10.6. The molecule has 0 aliphatic heterocycles. The first kappa shape index (κ1) is 20.2. The lowest BCUT2D eigenvalue weighted by atomic mass is 10.3. The van der Waals surface area contributed by atoms with Crippen LogP contribution in [0.3, 0.4) is 0 Å². The number of ether oxygens (including phenoxy) is 1. The van der Waals surface area contributed by atoms with Crippen molar-refractivity contribution in [2.45, 2.75) is 6.54 Å². The summed E-state index contributed by atoms with van der Waals surface area (Å²) in [5, 5.41) is 19.4. The van der Waals surface area contributed by atoms with Crippen molar-refractivity contribution in [2.24, 2.45) is 0 Å². The van der Waals surface area contributed by atoms with E-state index < -0.39 is 17.2 Å². The summed E-state index contributed by atoms with van der Waals surface area (Å²) in [6.07, 6.45) is 1.68. The van der Waals surface area contributed by atoms with Crippen LogP contribution in [0.25, 0.3) is 16.4 Å². The number of rotatable bonds is 6. The number of pyridine rings is 1. The van der Waals surface area contributed by atoms with Crippen LogP contribution >= 0.6 is 11.3 Å². The molecular formula is C21H17N5O4S. The first-order chi connectivity index (χ1) is 15.1. The van der Waals surface area contributed by atoms with Gasteiger partial charge in [-0.15, -0.1) is 11.3 Å². The Labute approximate surface area is 180 Å². The van der Waals surface area contributed by atoms with E-state index in [-0.39, 0.29) is 12.2 Å². The van der Waals surface area contributed by atoms with E-state index in [2.05, 4.69) is 20.4 Å². The Morgan fingerprint density at radius 2 is 2.03 bits per heavy atom. The lowest BCUT2D eigenvalue weighted by Gasteiger charge is -2.11. The molecule has 31 heavy (non-hydrogen) atoms. The van der Waals surface area contributed by atoms with Crippen LogP contribution in [0.1, 0.15) is 16.2 Å². The van der Waals surface area contributed by atoms with Gasteiger partial charge in [0.2, 0.25) is 0 Å². The quantitative estimate of drug-likeness (QED) is 0.477. The number of hydrogen-bond donors (Lipinski definition) is 2. The predicted octanol–water partition coefficient (Wildman–Crippen LogP) is 2.40. The van der Waals surface area contributed by atoms with E-state index in [4.69, 9.17) is 4.74 Å². The molecule has 156 valence electrons. The van der Waals surface area contributed by atoms with Crippen LogP contribution < -0.4 is 15.6 Å². The number of aromatic nitrogens is 4. The summed E-state index contributed by atoms with van der Waals surface area (Å²) in [6, 6.07) is 13.2. The van der Waals surface area contributed by atoms with Gasteiger partial charge in [-0.3, -0.25) is 14.6 Å². The molecule has 1 amide bonds. The topological polar surface area (TPSA) is 119 Å². The predicted molar refractivity (Wildman–Crippen MR) is 115 cm³/mol. The lowest BCUT2D eigenvalue weighted by Crippen LogP contribution is -2.29. The summed E-state index contributed by atoms with van der Waals surface area (Å²) in [5.41, 5.74) is 0.845. The van der Waals surface area contributed by atoms with Crippen molar-refractivity contribution in [3.8, 4) is 27.9 Å². The molecule has 10 heteroatoms. The molecule has 3 aromatic heterocycles. The van der Waals surface area contributed by atoms with Crippen LogP contribution in [-0.2, 0) is 6.54 Å². The van der Waals surface area contributed by atoms with Crippen molar-refractivity contribution in [1.82, 2.24) is 25.1 Å². The molecule has 0 bridgehead atoms. The number of hydrogen-bond acceptors (Lipinski definition) is 8. The fourth-order valence-electron chi connectivity index (χ4n) is 2.84. The summed E-state index contributed by atoms with van der Waals surface area (Å²) in [7, 11) is 1.46. The van der Waals surface area contributed by atoms with Crippen LogP contribution in [0.5, 0.6) is 11.5 Å². The molecule has 0 radical (unpaired) electrons. The Kier molecular flexibility index (Phi) is 5.72. The van der Waals surface area contributed by atoms with Gasteiger partial charge < -0.3 is 15.2 Å². The summed E-state index contributed by atoms with van der Waals surface area (Å²) >= 11 is 1.41. The van der Waals surface area contributed by atoms with Gasteiger partial charge in [0.05, 0.1) is 25.0 Å². The van der Waals surface area contributed by atoms with Crippen LogP contribution in [0, 0.1) is 0 Å². The summed E-state index contributed by atoms with van der Waals surface area (Å²) in [4.78, 5) is 33.7. The number of nitrogens with zero attached hydrogens (tertiary/aromatic N) is 4. The van der Waals surface area contributed by atoms with E-state index in [1.54, 1.807) is 30.5 Å². The molecule has 0 unspecified atom stereocenters. The standard InChI is InChI=1S/C21H17N5O4S/c1-30-17-8-3-2-7-15(17)26-18(28)10-16(27)19(25-26)20(29)23-11-13-12-31-21(24-13)14-6-4-5-9-22-14/h2-10,12,27H,11H2,1H3,(H,23,29). The second-order valence-corrected chi connectivity index (χ2v) is 7.20. The lowest BCUT2D eigenvalue weighted by molar-refractivity contribution is 0.0940. The first-order valence-corrected chi connectivity index (χ1v) is 10.1. The molecule has 0 saturated carbocycles. The van der Waals surface area contributed by atoms with Crippen LogP contribution in [0.15, 0.2) is 64.9 Å². The minimum atomic E-state index is -0.645. The number of methoxy groups -OCH3 is 1. The van der Waals surface area contributed by atoms with Gasteiger partial charge in [0.15, 0.2) is 11.4 Å². The van der Waals surface area contributed by atoms with Gasteiger partial charge in [0.25, 0.3) is 11.5 Å². The summed E-state index contributed by atoms with van der Waals surface area (Å²) in [5.74, 6) is -0.756. The SMILES string of the molecule is COc1ccccc1-n1nc(C(=O)NCc2csc(-c3ccccn3)n2)c(O)cc1=O. The molecular weight excluding hydrogens is 418 g/mol. The Morgan fingerprint density at radius 3 is 2.81 bits per heavy atom. The van der Waals surface area contributed by atoms with Gasteiger partial charge in [-0.05, 0) is 24.3 Å². The maximum absolute atomic E-state index is 12.6. The third-order valence-electron chi connectivity index (χ3n) is 4.31. The van der Waals surface area contributed by atoms with Crippen molar-refractivity contribution >= 4 is 17.2 Å². The molecule has 3 heterocycles. The largest absolute Gasteiger partial charge is 0.505 e. The number of benzene rings is 1. The molecule has 4 rings (SSSR count). The van der Waals surface area contributed by atoms with E-state index >= 15 is 0 Å². The van der Waals surface area contributed by atoms with Crippen molar-refractivity contribution in [3.63, 3.8) is 0 Å². The maximum Gasteiger partial charge on any atom is 0.275 e. The highest BCUT2D eigenvalue weighted by Gasteiger charge is 2.18. The third kappa shape index (κ3) is 4.28. The monoisotopic (exact) mass is 435 g/mol. The Balaban J connectivity index is 1.55. The molecule has 0 saturated heterocycles. The first-order valence-electron chi connectivity index (χ1n) is 9.17. The fourth-order valence-corrected chi connectivity index (χ4v) is 3.63. The zero-order valence-electron chi connectivity index (χ0n) is 16.3. The second-order valence-electron chi connectivity index (χ2n) is 6.34. The highest BCUT2D eigenvalue weighted by molar-refractivity contribution is 7.13. The molecule has 0 spiro atoms. The summed E-state index contributed by atoms with van der Waals surface area (Å²) in [6.45, 7) is 0.122. The van der Waals surface area contributed by atoms with E-state index in [1.165, 1.54) is 18.4 Å². The zero-order chi connectivity index (χ0) is 21.8. The average Bonchev–Trinajstić information content (AvgIpc) is 3.27. The maximum atomic E-state index is 12.6. The van der Waals surface area contributed by atoms with Gasteiger partial charge >= 0.3 is 0 Å². The van der Waals surface area contributed by atoms with Gasteiger partial charge in [0, 0.05) is 17.6 Å². The molecule has 0 fully saturated rings. The molecule has 2 N–H and O–H groups in total. The van der Waals surface area contributed by atoms with Crippen molar-refractivity contribution in [2.75, 3.05) is 7.11 Å². The number of carbonyl (C=O) groups excluding carboxylic acids is 1. The minimum absolute atomic E-state index is 0.122. The smallest absolute Gasteiger partial charge is 0.275 e. The van der Waals surface area contributed by atoms with E-state index in [0.717, 1.165) is 21.4 Å². The number of amides is 1. The third-order valence-corrected chi connectivity index (χ3v) is 5.22. The Morgan fingerprint density at radius 1 is 1.23 bits per heavy atom. The Bertz CT molecular complexity index is 1290. The van der Waals surface area contributed by atoms with Crippen LogP contribution in [-0.4, -0.2) is 37.9 Å². The molecule has 9 nitrogen and oxygen atoms in total. The number of nitrogens with one attached hydrogen (secondary N) is 1. The van der Waals surface area contributed by atoms with Crippen LogP contribution in [0.2, 0.25) is 0 Å². The highest BCUT2D eigenvalue weighted by atomic mass is 32.1. The second kappa shape index (κ2) is 8.76. The minimum Gasteiger partial charge on any atom is -0.505 e. The van der Waals surface area contributed by atoms with Crippen LogP contribution in [0.4, 0.5) is 0 Å². The number of carbonyl (C=O) groups is 1. The summed E-state index contributed by atoms with van der Waals surface area (Å²) < 4.78 is 6.26. The van der Waals surface area contributed by atoms with Gasteiger partial charge in [-0.1, -0.05) is 18.2 Å². The zero-order valence-corrected chi connectivity index (χ0v) is 17.2. The van der Waals surface area contributed by atoms with E-state index in [1.807, 2.05) is 23.6 Å². The number of aromatic hydroxyl groups is 1. The average molecular weight is 435 g/mol. The fraction of sp³-hybridized carbons (Fsp3) is 0.0952. The van der Waals surface area contributed by atoms with Crippen molar-refractivity contribution in [1.29, 1.82) is 0 Å². The highest BCUT2D eigenvalue weighted by Crippen LogP contribution is 2.22. The molecule has 1 aromatic carbocycles. The molecule has 0 aliphatic carbocycles. The van der Waals surface area contributed by atoms with Gasteiger partial charge in [0.1, 0.15) is 16.4 Å². The number of thiazole rings is 1. The van der Waals surface area contributed by atoms with E-state index in [0.29, 0.717) is 17.1 Å². The van der Waals surface area contributed by atoms with Gasteiger partial charge in [-0.2, -0.15) is 9.78 Å². The Hall–Kier alpha value is -4.05.